The maximum Gasteiger partial charge on any atom is 0.472 e. The Morgan fingerprint density at radius 3 is 1.53 bits per heavy atom. The van der Waals surface area contributed by atoms with Gasteiger partial charge in [0.1, 0.15) is 6.61 Å². The van der Waals surface area contributed by atoms with E-state index in [0.29, 0.717) is 12.8 Å². The first-order valence-corrected chi connectivity index (χ1v) is 22.3. The fourth-order valence-corrected chi connectivity index (χ4v) is 6.49. The molecule has 0 bridgehead atoms. The molecule has 0 saturated carbocycles. The van der Waals surface area contributed by atoms with Gasteiger partial charge in [-0.1, -0.05) is 160 Å². The van der Waals surface area contributed by atoms with Crippen LogP contribution in [0.25, 0.3) is 0 Å². The summed E-state index contributed by atoms with van der Waals surface area (Å²) in [6.45, 7) is 3.70. The van der Waals surface area contributed by atoms with Crippen LogP contribution in [0.3, 0.4) is 0 Å². The van der Waals surface area contributed by atoms with E-state index in [1.165, 1.54) is 116 Å². The molecule has 3 N–H and O–H groups in total. The topological polar surface area (TPSA) is 134 Å². The number of phosphoric acid groups is 1. The van der Waals surface area contributed by atoms with Gasteiger partial charge in [0.05, 0.1) is 13.2 Å². The van der Waals surface area contributed by atoms with Gasteiger partial charge in [-0.25, -0.2) is 4.57 Å². The van der Waals surface area contributed by atoms with Crippen molar-refractivity contribution >= 4 is 19.8 Å². The van der Waals surface area contributed by atoms with E-state index in [4.69, 9.17) is 24.3 Å². The zero-order chi connectivity index (χ0) is 37.5. The highest BCUT2D eigenvalue weighted by Gasteiger charge is 2.26. The molecule has 0 saturated heterocycles. The first-order chi connectivity index (χ1) is 24.8. The number of unbranched alkanes of at least 4 members (excludes halogenated alkanes) is 22. The van der Waals surface area contributed by atoms with Crippen molar-refractivity contribution in [2.24, 2.45) is 5.73 Å². The summed E-state index contributed by atoms with van der Waals surface area (Å²) >= 11 is 0. The van der Waals surface area contributed by atoms with Crippen molar-refractivity contribution in [2.75, 3.05) is 26.4 Å². The Bertz CT molecular complexity index is 897. The third-order valence-electron chi connectivity index (χ3n) is 8.84. The van der Waals surface area contributed by atoms with Crippen LogP contribution in [0.4, 0.5) is 0 Å². The van der Waals surface area contributed by atoms with Gasteiger partial charge < -0.3 is 20.1 Å². The van der Waals surface area contributed by atoms with E-state index in [2.05, 4.69) is 38.2 Å². The highest BCUT2D eigenvalue weighted by Crippen LogP contribution is 2.43. The van der Waals surface area contributed by atoms with Crippen molar-refractivity contribution < 1.29 is 37.6 Å². The molecule has 10 heteroatoms. The molecule has 0 aromatic heterocycles. The number of phosphoric ester groups is 1. The lowest BCUT2D eigenvalue weighted by molar-refractivity contribution is -0.161. The van der Waals surface area contributed by atoms with Gasteiger partial charge in [-0.15, -0.1) is 0 Å². The predicted octanol–water partition coefficient (Wildman–Crippen LogP) is 11.6. The molecule has 9 nitrogen and oxygen atoms in total. The van der Waals surface area contributed by atoms with E-state index in [9.17, 15) is 19.0 Å². The van der Waals surface area contributed by atoms with Crippen LogP contribution >= 0.6 is 7.82 Å². The average Bonchev–Trinajstić information content (AvgIpc) is 3.11. The monoisotopic (exact) mass is 744 g/mol. The van der Waals surface area contributed by atoms with Crippen molar-refractivity contribution in [3.63, 3.8) is 0 Å². The number of rotatable bonds is 39. The molecule has 0 aliphatic carbocycles. The Morgan fingerprint density at radius 2 is 1.02 bits per heavy atom. The Hall–Kier alpha value is -1.51. The molecular formula is C41H78NO8P. The molecule has 0 heterocycles. The molecule has 0 spiro atoms. The minimum atomic E-state index is -4.38. The van der Waals surface area contributed by atoms with E-state index >= 15 is 0 Å². The summed E-state index contributed by atoms with van der Waals surface area (Å²) < 4.78 is 32.7. The quantitative estimate of drug-likeness (QED) is 0.0273. The van der Waals surface area contributed by atoms with Crippen molar-refractivity contribution in [2.45, 2.75) is 200 Å². The van der Waals surface area contributed by atoms with Crippen LogP contribution in [-0.4, -0.2) is 49.3 Å². The number of carbonyl (C=O) groups is 2. The number of carbonyl (C=O) groups excluding carboxylic acids is 2. The molecule has 2 atom stereocenters. The van der Waals surface area contributed by atoms with Crippen LogP contribution in [0, 0.1) is 0 Å². The number of hydrogen-bond acceptors (Lipinski definition) is 8. The van der Waals surface area contributed by atoms with E-state index in [-0.39, 0.29) is 32.6 Å². The standard InChI is InChI=1S/C41H78NO8P/c1-3-5-7-9-11-13-15-17-19-21-23-25-27-29-31-33-40(43)47-37-39(38-49-51(45,46)48-36-35-42)50-41(44)34-32-30-28-26-24-22-20-18-16-14-12-10-8-6-4-2/h17,19,23,25,39H,3-16,18,20-22,24,26-38,42H2,1-2H3,(H,45,46)/b19-17+,25-23+/t39-/m1/s1. The van der Waals surface area contributed by atoms with Crippen LogP contribution in [0.5, 0.6) is 0 Å². The lowest BCUT2D eigenvalue weighted by atomic mass is 10.0. The Balaban J connectivity index is 4.21. The second-order valence-electron chi connectivity index (χ2n) is 13.9. The molecule has 1 unspecified atom stereocenters. The molecule has 0 aliphatic rings. The molecule has 0 aromatic rings. The van der Waals surface area contributed by atoms with Crippen molar-refractivity contribution in [3.05, 3.63) is 24.3 Å². The highest BCUT2D eigenvalue weighted by molar-refractivity contribution is 7.47. The van der Waals surface area contributed by atoms with Crippen LogP contribution in [0.15, 0.2) is 24.3 Å². The van der Waals surface area contributed by atoms with Gasteiger partial charge in [0.15, 0.2) is 6.10 Å². The van der Waals surface area contributed by atoms with Gasteiger partial charge in [0.25, 0.3) is 0 Å². The van der Waals surface area contributed by atoms with Gasteiger partial charge in [-0.3, -0.25) is 18.6 Å². The second kappa shape index (κ2) is 38.2. The Kier molecular flexibility index (Phi) is 37.1. The molecular weight excluding hydrogens is 665 g/mol. The molecule has 300 valence electrons. The first-order valence-electron chi connectivity index (χ1n) is 20.8. The van der Waals surface area contributed by atoms with Crippen LogP contribution < -0.4 is 5.73 Å². The lowest BCUT2D eigenvalue weighted by Crippen LogP contribution is -2.29. The third-order valence-corrected chi connectivity index (χ3v) is 9.82. The van der Waals surface area contributed by atoms with Crippen molar-refractivity contribution in [1.82, 2.24) is 0 Å². The summed E-state index contributed by atoms with van der Waals surface area (Å²) in [4.78, 5) is 34.8. The number of hydrogen-bond donors (Lipinski definition) is 2. The van der Waals surface area contributed by atoms with E-state index < -0.39 is 32.5 Å². The van der Waals surface area contributed by atoms with Crippen molar-refractivity contribution in [1.29, 1.82) is 0 Å². The number of esters is 2. The summed E-state index contributed by atoms with van der Waals surface area (Å²) in [6.07, 6.45) is 39.2. The number of allylic oxidation sites excluding steroid dienone is 4. The van der Waals surface area contributed by atoms with E-state index in [0.717, 1.165) is 38.5 Å². The van der Waals surface area contributed by atoms with E-state index in [1.54, 1.807) is 0 Å². The van der Waals surface area contributed by atoms with Gasteiger partial charge in [-0.05, 0) is 44.9 Å². The van der Waals surface area contributed by atoms with Crippen LogP contribution in [0.1, 0.15) is 194 Å². The maximum absolute atomic E-state index is 12.5. The summed E-state index contributed by atoms with van der Waals surface area (Å²) in [5.41, 5.74) is 5.34. The molecule has 0 radical (unpaired) electrons. The van der Waals surface area contributed by atoms with Gasteiger partial charge >= 0.3 is 19.8 Å². The summed E-state index contributed by atoms with van der Waals surface area (Å²) in [5.74, 6) is -0.860. The minimum absolute atomic E-state index is 0.0509. The zero-order valence-corrected chi connectivity index (χ0v) is 33.7. The molecule has 0 fully saturated rings. The van der Waals surface area contributed by atoms with Gasteiger partial charge in [-0.2, -0.15) is 0 Å². The SMILES string of the molecule is CCCCCCCC/C=C/C/C=C/CCCCC(=O)OC[C@H](COP(=O)(O)OCCN)OC(=O)CCCCCCCCCCCCCCCCC. The maximum atomic E-state index is 12.5. The van der Waals surface area contributed by atoms with Gasteiger partial charge in [0.2, 0.25) is 0 Å². The zero-order valence-electron chi connectivity index (χ0n) is 32.8. The summed E-state index contributed by atoms with van der Waals surface area (Å²) in [7, 11) is -4.38. The molecule has 51 heavy (non-hydrogen) atoms. The first kappa shape index (κ1) is 49.5. The highest BCUT2D eigenvalue weighted by atomic mass is 31.2. The van der Waals surface area contributed by atoms with Crippen molar-refractivity contribution in [3.8, 4) is 0 Å². The summed E-state index contributed by atoms with van der Waals surface area (Å²) in [6, 6.07) is 0. The Morgan fingerprint density at radius 1 is 0.588 bits per heavy atom. The molecule has 0 aromatic carbocycles. The summed E-state index contributed by atoms with van der Waals surface area (Å²) in [5, 5.41) is 0. The molecule has 0 rings (SSSR count). The number of ether oxygens (including phenoxy) is 2. The average molecular weight is 744 g/mol. The second-order valence-corrected chi connectivity index (χ2v) is 15.3. The molecule has 0 aliphatic heterocycles. The third kappa shape index (κ3) is 38.0. The number of nitrogens with two attached hydrogens (primary N) is 1. The molecule has 0 amide bonds. The minimum Gasteiger partial charge on any atom is -0.462 e. The smallest absolute Gasteiger partial charge is 0.462 e. The normalized spacial score (nSPS) is 13.6. The van der Waals surface area contributed by atoms with E-state index in [1.807, 2.05) is 0 Å². The lowest BCUT2D eigenvalue weighted by Gasteiger charge is -2.19. The largest absolute Gasteiger partial charge is 0.472 e. The van der Waals surface area contributed by atoms with Gasteiger partial charge in [0, 0.05) is 19.4 Å². The fraction of sp³-hybridized carbons (Fsp3) is 0.854. The fourth-order valence-electron chi connectivity index (χ4n) is 5.72. The van der Waals surface area contributed by atoms with Crippen LogP contribution in [-0.2, 0) is 32.7 Å². The predicted molar refractivity (Wildman–Crippen MR) is 211 cm³/mol. The Labute approximate surface area is 312 Å². The van der Waals surface area contributed by atoms with Crippen LogP contribution in [0.2, 0.25) is 0 Å².